The summed E-state index contributed by atoms with van der Waals surface area (Å²) < 4.78 is 26.7. The molecule has 1 aliphatic carbocycles. The summed E-state index contributed by atoms with van der Waals surface area (Å²) in [5.74, 6) is 0. The third-order valence-electron chi connectivity index (χ3n) is 3.28. The zero-order chi connectivity index (χ0) is 11.9. The Labute approximate surface area is 101 Å². The van der Waals surface area contributed by atoms with Gasteiger partial charge in [-0.3, -0.25) is 4.79 Å². The van der Waals surface area contributed by atoms with E-state index in [1.54, 1.807) is 19.1 Å². The van der Waals surface area contributed by atoms with Crippen molar-refractivity contribution < 1.29 is 13.6 Å². The summed E-state index contributed by atoms with van der Waals surface area (Å²) in [7, 11) is 0. The number of carbonyl (C=O) groups excluding carboxylic acids is 1. The Morgan fingerprint density at radius 2 is 2.06 bits per heavy atom. The summed E-state index contributed by atoms with van der Waals surface area (Å²) in [6.45, 7) is 1.73. The molecule has 0 bridgehead atoms. The number of hydrogen-bond donors (Lipinski definition) is 0. The Balaban J connectivity index is 2.57. The molecule has 2 rings (SSSR count). The fourth-order valence-electron chi connectivity index (χ4n) is 2.08. The van der Waals surface area contributed by atoms with Crippen LogP contribution in [0.4, 0.5) is 8.78 Å². The highest BCUT2D eigenvalue weighted by Gasteiger charge is 2.53. The molecule has 0 spiro atoms. The van der Waals surface area contributed by atoms with Crippen molar-refractivity contribution in [1.29, 1.82) is 0 Å². The predicted molar refractivity (Wildman–Crippen MR) is 61.2 cm³/mol. The van der Waals surface area contributed by atoms with Crippen LogP contribution in [0.15, 0.2) is 16.6 Å². The van der Waals surface area contributed by atoms with Gasteiger partial charge in [0, 0.05) is 10.0 Å². The first kappa shape index (κ1) is 11.7. The highest BCUT2D eigenvalue weighted by atomic mass is 79.9. The molecule has 0 saturated heterocycles. The van der Waals surface area contributed by atoms with Crippen LogP contribution in [0.1, 0.15) is 34.3 Å². The van der Waals surface area contributed by atoms with E-state index in [2.05, 4.69) is 15.9 Å². The van der Waals surface area contributed by atoms with Gasteiger partial charge in [0.25, 0.3) is 0 Å². The van der Waals surface area contributed by atoms with Gasteiger partial charge >= 0.3 is 0 Å². The summed E-state index contributed by atoms with van der Waals surface area (Å²) >= 11 is 3.25. The summed E-state index contributed by atoms with van der Waals surface area (Å²) in [5, 5.41) is 0. The van der Waals surface area contributed by atoms with Gasteiger partial charge in [-0.1, -0.05) is 15.9 Å². The van der Waals surface area contributed by atoms with Crippen LogP contribution >= 0.6 is 15.9 Å². The largest absolute Gasteiger partial charge is 0.298 e. The molecule has 0 radical (unpaired) electrons. The molecule has 0 amide bonds. The van der Waals surface area contributed by atoms with Crippen molar-refractivity contribution >= 4 is 22.2 Å². The molecule has 86 valence electrons. The van der Waals surface area contributed by atoms with Crippen LogP contribution in [0.25, 0.3) is 0 Å². The smallest absolute Gasteiger partial charge is 0.248 e. The summed E-state index contributed by atoms with van der Waals surface area (Å²) in [4.78, 5) is 10.8. The van der Waals surface area contributed by atoms with E-state index in [0.717, 1.165) is 0 Å². The minimum atomic E-state index is -2.36. The van der Waals surface area contributed by atoms with Gasteiger partial charge in [0.05, 0.1) is 5.41 Å². The van der Waals surface area contributed by atoms with Crippen LogP contribution in [0.5, 0.6) is 0 Å². The van der Waals surface area contributed by atoms with Gasteiger partial charge in [-0.05, 0) is 43.0 Å². The second kappa shape index (κ2) is 3.91. The molecule has 0 atom stereocenters. The minimum absolute atomic E-state index is 0.483. The molecular formula is C12H11BrF2O. The molecule has 1 aromatic carbocycles. The number of hydrogen-bond acceptors (Lipinski definition) is 1. The standard InChI is InChI=1S/C12H11BrF2O/c1-7-8(6-16)4-9(13)5-10(7)12(2-3-12)11(14)15/h4-6,11H,2-3H2,1H3. The molecule has 0 aromatic heterocycles. The Bertz CT molecular complexity index is 439. The van der Waals surface area contributed by atoms with E-state index in [9.17, 15) is 13.6 Å². The summed E-state index contributed by atoms with van der Waals surface area (Å²) in [6.07, 6.45) is -0.647. The lowest BCUT2D eigenvalue weighted by Gasteiger charge is -2.18. The first-order valence-electron chi connectivity index (χ1n) is 5.05. The number of carbonyl (C=O) groups is 1. The first-order valence-corrected chi connectivity index (χ1v) is 5.84. The van der Waals surface area contributed by atoms with Crippen molar-refractivity contribution in [2.75, 3.05) is 0 Å². The van der Waals surface area contributed by atoms with Crippen LogP contribution in [-0.2, 0) is 5.41 Å². The molecule has 0 N–H and O–H groups in total. The Kier molecular flexibility index (Phi) is 2.86. The second-order valence-corrected chi connectivity index (χ2v) is 5.16. The average molecular weight is 289 g/mol. The predicted octanol–water partition coefficient (Wildman–Crippen LogP) is 3.87. The number of alkyl halides is 2. The van der Waals surface area contributed by atoms with E-state index in [1.165, 1.54) is 0 Å². The topological polar surface area (TPSA) is 17.1 Å². The second-order valence-electron chi connectivity index (χ2n) is 4.24. The van der Waals surface area contributed by atoms with Gasteiger partial charge in [0.1, 0.15) is 6.29 Å². The molecule has 0 heterocycles. The molecule has 1 nitrogen and oxygen atoms in total. The zero-order valence-corrected chi connectivity index (χ0v) is 10.4. The van der Waals surface area contributed by atoms with E-state index in [1.807, 2.05) is 0 Å². The number of rotatable bonds is 3. The Hall–Kier alpha value is -0.770. The molecule has 4 heteroatoms. The van der Waals surface area contributed by atoms with Crippen molar-refractivity contribution in [2.24, 2.45) is 0 Å². The number of aldehydes is 1. The lowest BCUT2D eigenvalue weighted by Crippen LogP contribution is -2.19. The minimum Gasteiger partial charge on any atom is -0.298 e. The molecule has 1 aliphatic rings. The monoisotopic (exact) mass is 288 g/mol. The van der Waals surface area contributed by atoms with Gasteiger partial charge in [0.2, 0.25) is 6.43 Å². The van der Waals surface area contributed by atoms with Gasteiger partial charge < -0.3 is 0 Å². The highest BCUT2D eigenvalue weighted by Crippen LogP contribution is 2.54. The van der Waals surface area contributed by atoms with Crippen LogP contribution in [-0.4, -0.2) is 12.7 Å². The normalized spacial score (nSPS) is 17.6. The van der Waals surface area contributed by atoms with Crippen LogP contribution in [0, 0.1) is 6.92 Å². The van der Waals surface area contributed by atoms with Crippen molar-refractivity contribution in [3.8, 4) is 0 Å². The van der Waals surface area contributed by atoms with E-state index in [0.29, 0.717) is 40.3 Å². The van der Waals surface area contributed by atoms with E-state index >= 15 is 0 Å². The molecule has 1 saturated carbocycles. The van der Waals surface area contributed by atoms with Crippen LogP contribution in [0.2, 0.25) is 0 Å². The number of benzene rings is 1. The van der Waals surface area contributed by atoms with E-state index in [4.69, 9.17) is 0 Å². The SMILES string of the molecule is Cc1c(C=O)cc(Br)cc1C1(C(F)F)CC1. The van der Waals surface area contributed by atoms with Crippen molar-refractivity contribution in [3.63, 3.8) is 0 Å². The Morgan fingerprint density at radius 1 is 1.44 bits per heavy atom. The van der Waals surface area contributed by atoms with E-state index < -0.39 is 11.8 Å². The fraction of sp³-hybridized carbons (Fsp3) is 0.417. The highest BCUT2D eigenvalue weighted by molar-refractivity contribution is 9.10. The zero-order valence-electron chi connectivity index (χ0n) is 8.77. The van der Waals surface area contributed by atoms with Gasteiger partial charge in [0.15, 0.2) is 0 Å². The lowest BCUT2D eigenvalue weighted by atomic mass is 9.90. The van der Waals surface area contributed by atoms with Crippen molar-refractivity contribution in [1.82, 2.24) is 0 Å². The Morgan fingerprint density at radius 3 is 2.50 bits per heavy atom. The number of halogens is 3. The average Bonchev–Trinajstić information content (AvgIpc) is 3.02. The fourth-order valence-corrected chi connectivity index (χ4v) is 2.55. The van der Waals surface area contributed by atoms with Crippen molar-refractivity contribution in [2.45, 2.75) is 31.6 Å². The van der Waals surface area contributed by atoms with Crippen molar-refractivity contribution in [3.05, 3.63) is 33.3 Å². The molecule has 16 heavy (non-hydrogen) atoms. The van der Waals surface area contributed by atoms with Gasteiger partial charge in [-0.2, -0.15) is 0 Å². The summed E-state index contributed by atoms with van der Waals surface area (Å²) in [5.41, 5.74) is 0.761. The maximum Gasteiger partial charge on any atom is 0.248 e. The van der Waals surface area contributed by atoms with Crippen LogP contribution < -0.4 is 0 Å². The van der Waals surface area contributed by atoms with E-state index in [-0.39, 0.29) is 0 Å². The molecular weight excluding hydrogens is 278 g/mol. The quantitative estimate of drug-likeness (QED) is 0.772. The maximum absolute atomic E-state index is 13.0. The third kappa shape index (κ3) is 1.69. The maximum atomic E-state index is 13.0. The summed E-state index contributed by atoms with van der Waals surface area (Å²) in [6, 6.07) is 3.37. The molecule has 0 aliphatic heterocycles. The first-order chi connectivity index (χ1) is 7.51. The molecule has 0 unspecified atom stereocenters. The molecule has 1 aromatic rings. The third-order valence-corrected chi connectivity index (χ3v) is 3.74. The lowest BCUT2D eigenvalue weighted by molar-refractivity contribution is 0.101. The van der Waals surface area contributed by atoms with Crippen LogP contribution in [0.3, 0.4) is 0 Å². The molecule has 1 fully saturated rings. The van der Waals surface area contributed by atoms with Gasteiger partial charge in [-0.25, -0.2) is 8.78 Å². The van der Waals surface area contributed by atoms with Gasteiger partial charge in [-0.15, -0.1) is 0 Å².